The van der Waals surface area contributed by atoms with Crippen molar-refractivity contribution in [2.75, 3.05) is 6.61 Å². The number of alkyl halides is 3. The van der Waals surface area contributed by atoms with E-state index in [0.29, 0.717) is 25.2 Å². The first kappa shape index (κ1) is 22.5. The Kier molecular flexibility index (Phi) is 5.19. The van der Waals surface area contributed by atoms with Gasteiger partial charge in [0.25, 0.3) is 5.91 Å². The van der Waals surface area contributed by atoms with Crippen LogP contribution in [0.15, 0.2) is 46.9 Å². The van der Waals surface area contributed by atoms with E-state index in [0.717, 1.165) is 18.2 Å². The quantitative estimate of drug-likeness (QED) is 0.460. The molecule has 3 aromatic rings. The number of aromatic nitrogens is 2. The average Bonchev–Trinajstić information content (AvgIpc) is 3.18. The smallest absolute Gasteiger partial charge is 0.420 e. The first-order valence-electron chi connectivity index (χ1n) is 10.1. The number of hydrogen-bond acceptors (Lipinski definition) is 6. The maximum absolute atomic E-state index is 13.5. The van der Waals surface area contributed by atoms with Gasteiger partial charge in [-0.05, 0) is 49.6 Å². The molecule has 0 spiro atoms. The number of carbonyl (C=O) groups is 1. The van der Waals surface area contributed by atoms with Crippen molar-refractivity contribution in [1.82, 2.24) is 15.5 Å². The topological polar surface area (TPSA) is 86.5 Å². The van der Waals surface area contributed by atoms with Gasteiger partial charge in [-0.1, -0.05) is 22.8 Å². The van der Waals surface area contributed by atoms with Crippen molar-refractivity contribution in [1.29, 1.82) is 0 Å². The third-order valence-electron chi connectivity index (χ3n) is 5.92. The van der Waals surface area contributed by atoms with E-state index < -0.39 is 28.5 Å². The molecule has 3 aliphatic rings. The van der Waals surface area contributed by atoms with Gasteiger partial charge in [0, 0.05) is 11.6 Å². The Hall–Kier alpha value is -3.34. The first-order valence-corrected chi connectivity index (χ1v) is 10.5. The zero-order valence-corrected chi connectivity index (χ0v) is 18.0. The first-order chi connectivity index (χ1) is 16.1. The van der Waals surface area contributed by atoms with Crippen LogP contribution in [0.25, 0.3) is 0 Å². The Balaban J connectivity index is 1.14. The summed E-state index contributed by atoms with van der Waals surface area (Å²) in [7, 11) is 0. The lowest BCUT2D eigenvalue weighted by Crippen LogP contribution is -2.77. The summed E-state index contributed by atoms with van der Waals surface area (Å²) in [5.74, 6) is -0.588. The zero-order valence-electron chi connectivity index (χ0n) is 17.3. The van der Waals surface area contributed by atoms with Gasteiger partial charge in [-0.3, -0.25) is 4.79 Å². The predicted molar refractivity (Wildman–Crippen MR) is 109 cm³/mol. The molecular weight excluding hydrogens is 482 g/mol. The number of carbonyl (C=O) groups excluding carboxylic acids is 1. The van der Waals surface area contributed by atoms with E-state index in [-0.39, 0.29) is 35.1 Å². The van der Waals surface area contributed by atoms with Crippen LogP contribution in [0, 0.1) is 5.82 Å². The highest BCUT2D eigenvalue weighted by Crippen LogP contribution is 2.67. The van der Waals surface area contributed by atoms with Crippen LogP contribution in [0.5, 0.6) is 17.6 Å². The van der Waals surface area contributed by atoms with E-state index in [1.807, 2.05) is 0 Å². The fourth-order valence-electron chi connectivity index (χ4n) is 4.50. The number of nitrogens with one attached hydrogen (secondary N) is 1. The molecule has 0 unspecified atom stereocenters. The number of rotatable bonds is 7. The highest BCUT2D eigenvalue weighted by atomic mass is 35.5. The van der Waals surface area contributed by atoms with Crippen molar-refractivity contribution < 1.29 is 36.2 Å². The summed E-state index contributed by atoms with van der Waals surface area (Å²) in [5.41, 5.74) is -1.68. The third-order valence-corrected chi connectivity index (χ3v) is 6.23. The van der Waals surface area contributed by atoms with E-state index in [9.17, 15) is 22.4 Å². The monoisotopic (exact) mass is 497 g/mol. The van der Waals surface area contributed by atoms with Gasteiger partial charge in [0.1, 0.15) is 17.3 Å². The second kappa shape index (κ2) is 7.86. The molecule has 0 radical (unpaired) electrons. The average molecular weight is 498 g/mol. The molecule has 3 saturated carbocycles. The van der Waals surface area contributed by atoms with Crippen molar-refractivity contribution in [3.8, 4) is 17.6 Å². The van der Waals surface area contributed by atoms with E-state index in [1.54, 1.807) is 0 Å². The highest BCUT2D eigenvalue weighted by Gasteiger charge is 2.71. The largest absolute Gasteiger partial charge is 0.484 e. The van der Waals surface area contributed by atoms with Crippen LogP contribution < -0.4 is 14.8 Å². The van der Waals surface area contributed by atoms with Gasteiger partial charge in [-0.25, -0.2) is 4.39 Å². The van der Waals surface area contributed by atoms with Gasteiger partial charge >= 0.3 is 12.3 Å². The van der Waals surface area contributed by atoms with Crippen molar-refractivity contribution in [2.24, 2.45) is 0 Å². The molecule has 0 atom stereocenters. The number of hydrogen-bond donors (Lipinski definition) is 1. The minimum absolute atomic E-state index is 0.0413. The standard InChI is InChI=1S/C22H16ClF4N3O4/c23-15-5-4-13(7-16(15)24)32-8-17(31)28-21-9-20(10-21,11-21)18-29-30-19(34-18)33-14-3-1-2-12(6-14)22(25,26)27/h1-7H,8-11H2,(H,28,31). The van der Waals surface area contributed by atoms with E-state index >= 15 is 0 Å². The molecule has 1 aromatic heterocycles. The van der Waals surface area contributed by atoms with Gasteiger partial charge in [0.15, 0.2) is 6.61 Å². The van der Waals surface area contributed by atoms with Gasteiger partial charge in [0.05, 0.1) is 16.0 Å². The Morgan fingerprint density at radius 3 is 2.59 bits per heavy atom. The molecule has 0 aliphatic heterocycles. The molecule has 178 valence electrons. The summed E-state index contributed by atoms with van der Waals surface area (Å²) in [6, 6.07) is 8.24. The van der Waals surface area contributed by atoms with Gasteiger partial charge < -0.3 is 19.2 Å². The SMILES string of the molecule is O=C(COc1ccc(Cl)c(F)c1)NC12CC(c3nnc(Oc4cccc(C(F)(F)F)c4)o3)(C1)C2. The number of benzene rings is 2. The second-order valence-corrected chi connectivity index (χ2v) is 8.91. The normalized spacial score (nSPS) is 23.0. The minimum atomic E-state index is -4.50. The molecule has 0 saturated heterocycles. The Labute approximate surface area is 195 Å². The Bertz CT molecular complexity index is 1240. The summed E-state index contributed by atoms with van der Waals surface area (Å²) in [5, 5.41) is 10.6. The summed E-state index contributed by atoms with van der Waals surface area (Å²) in [4.78, 5) is 12.2. The Morgan fingerprint density at radius 1 is 1.12 bits per heavy atom. The summed E-state index contributed by atoms with van der Waals surface area (Å²) in [6.07, 6.45) is -3.08. The fraction of sp³-hybridized carbons (Fsp3) is 0.318. The fourth-order valence-corrected chi connectivity index (χ4v) is 4.61. The van der Waals surface area contributed by atoms with Crippen LogP contribution in [-0.4, -0.2) is 28.3 Å². The van der Waals surface area contributed by atoms with Gasteiger partial charge in [0.2, 0.25) is 5.89 Å². The molecule has 1 N–H and O–H groups in total. The van der Waals surface area contributed by atoms with Crippen molar-refractivity contribution in [2.45, 2.75) is 36.4 Å². The van der Waals surface area contributed by atoms with Gasteiger partial charge in [-0.15, -0.1) is 5.10 Å². The lowest BCUT2D eigenvalue weighted by Gasteiger charge is -2.68. The van der Waals surface area contributed by atoms with Crippen LogP contribution in [0.1, 0.15) is 30.7 Å². The number of nitrogens with zero attached hydrogens (tertiary/aromatic N) is 2. The summed E-state index contributed by atoms with van der Waals surface area (Å²) >= 11 is 5.61. The predicted octanol–water partition coefficient (Wildman–Crippen LogP) is 5.04. The zero-order chi connectivity index (χ0) is 24.1. The maximum Gasteiger partial charge on any atom is 0.420 e. The van der Waals surface area contributed by atoms with Crippen LogP contribution in [0.4, 0.5) is 17.6 Å². The number of ether oxygens (including phenoxy) is 2. The van der Waals surface area contributed by atoms with E-state index in [1.165, 1.54) is 24.3 Å². The van der Waals surface area contributed by atoms with Crippen LogP contribution in [0.2, 0.25) is 5.02 Å². The van der Waals surface area contributed by atoms with E-state index in [2.05, 4.69) is 15.5 Å². The molecule has 12 heteroatoms. The molecule has 1 amide bonds. The molecule has 7 nitrogen and oxygen atoms in total. The lowest BCUT2D eigenvalue weighted by molar-refractivity contribution is -0.143. The number of halogens is 5. The van der Waals surface area contributed by atoms with Crippen molar-refractivity contribution >= 4 is 17.5 Å². The molecule has 6 rings (SSSR count). The summed E-state index contributed by atoms with van der Waals surface area (Å²) in [6.45, 7) is -0.286. The summed E-state index contributed by atoms with van der Waals surface area (Å²) < 4.78 is 68.1. The molecule has 1 heterocycles. The molecule has 34 heavy (non-hydrogen) atoms. The molecular formula is C22H16ClF4N3O4. The van der Waals surface area contributed by atoms with Crippen LogP contribution >= 0.6 is 11.6 Å². The number of amides is 1. The molecule has 3 fully saturated rings. The molecule has 2 aromatic carbocycles. The Morgan fingerprint density at radius 2 is 1.88 bits per heavy atom. The van der Waals surface area contributed by atoms with Gasteiger partial charge in [-0.2, -0.15) is 13.2 Å². The van der Waals surface area contributed by atoms with Crippen LogP contribution in [-0.2, 0) is 16.4 Å². The highest BCUT2D eigenvalue weighted by molar-refractivity contribution is 6.30. The third kappa shape index (κ3) is 4.15. The lowest BCUT2D eigenvalue weighted by atomic mass is 9.39. The van der Waals surface area contributed by atoms with Crippen LogP contribution in [0.3, 0.4) is 0 Å². The van der Waals surface area contributed by atoms with Crippen molar-refractivity contribution in [3.05, 3.63) is 64.8 Å². The molecule has 3 aliphatic carbocycles. The van der Waals surface area contributed by atoms with E-state index in [4.69, 9.17) is 25.5 Å². The molecule has 2 bridgehead atoms. The minimum Gasteiger partial charge on any atom is -0.484 e. The second-order valence-electron chi connectivity index (χ2n) is 8.50. The maximum atomic E-state index is 13.5. The van der Waals surface area contributed by atoms with Crippen molar-refractivity contribution in [3.63, 3.8) is 0 Å².